The molecule has 5 nitrogen and oxygen atoms in total. The number of H-pyrrole nitrogens is 1. The van der Waals surface area contributed by atoms with Crippen molar-refractivity contribution in [2.45, 2.75) is 6.42 Å². The lowest BCUT2D eigenvalue weighted by molar-refractivity contribution is -0.141. The van der Waals surface area contributed by atoms with Crippen molar-refractivity contribution < 1.29 is 14.7 Å². The number of para-hydroxylation sites is 1. The Labute approximate surface area is 138 Å². The van der Waals surface area contributed by atoms with E-state index in [2.05, 4.69) is 17.1 Å². The van der Waals surface area contributed by atoms with Gasteiger partial charge in [0.1, 0.15) is 0 Å². The maximum absolute atomic E-state index is 12.0. The molecule has 1 amide bonds. The van der Waals surface area contributed by atoms with Gasteiger partial charge in [-0.3, -0.25) is 9.59 Å². The van der Waals surface area contributed by atoms with Crippen molar-refractivity contribution in [2.24, 2.45) is 5.92 Å². The van der Waals surface area contributed by atoms with E-state index in [1.165, 1.54) is 0 Å². The molecule has 5 heteroatoms. The highest BCUT2D eigenvalue weighted by Crippen LogP contribution is 2.31. The van der Waals surface area contributed by atoms with Gasteiger partial charge >= 0.3 is 5.97 Å². The zero-order chi connectivity index (χ0) is 16.7. The fourth-order valence-corrected chi connectivity index (χ4v) is 3.27. The Balaban J connectivity index is 1.65. The Morgan fingerprint density at radius 3 is 2.62 bits per heavy atom. The van der Waals surface area contributed by atoms with Crippen LogP contribution in [0.4, 0.5) is 5.69 Å². The summed E-state index contributed by atoms with van der Waals surface area (Å²) in [4.78, 5) is 27.9. The molecule has 2 heterocycles. The van der Waals surface area contributed by atoms with E-state index in [9.17, 15) is 9.59 Å². The normalized spacial score (nSPS) is 17.6. The van der Waals surface area contributed by atoms with Gasteiger partial charge in [0, 0.05) is 30.4 Å². The van der Waals surface area contributed by atoms with Gasteiger partial charge < -0.3 is 15.0 Å². The standard InChI is InChI=1S/C19H16N2O3/c22-17-10-14(19(23)24)11-21(17)15-6-4-12(5-7-15)16-3-1-2-13-8-9-20-18(13)16/h1-9,14,20H,10-11H2,(H,23,24). The van der Waals surface area contributed by atoms with Crippen LogP contribution in [0.2, 0.25) is 0 Å². The lowest BCUT2D eigenvalue weighted by Crippen LogP contribution is -2.25. The molecule has 2 N–H and O–H groups in total. The molecule has 1 unspecified atom stereocenters. The van der Waals surface area contributed by atoms with Crippen molar-refractivity contribution in [2.75, 3.05) is 11.4 Å². The number of amides is 1. The summed E-state index contributed by atoms with van der Waals surface area (Å²) in [5, 5.41) is 10.2. The summed E-state index contributed by atoms with van der Waals surface area (Å²) < 4.78 is 0. The molecule has 1 saturated heterocycles. The van der Waals surface area contributed by atoms with Gasteiger partial charge in [0.25, 0.3) is 0 Å². The number of aliphatic carboxylic acids is 1. The van der Waals surface area contributed by atoms with Crippen molar-refractivity contribution in [1.29, 1.82) is 0 Å². The third-order valence-corrected chi connectivity index (χ3v) is 4.55. The smallest absolute Gasteiger partial charge is 0.308 e. The third-order valence-electron chi connectivity index (χ3n) is 4.55. The molecular weight excluding hydrogens is 304 g/mol. The molecule has 1 aliphatic rings. The molecule has 1 fully saturated rings. The Morgan fingerprint density at radius 2 is 1.92 bits per heavy atom. The molecular formula is C19H16N2O3. The zero-order valence-electron chi connectivity index (χ0n) is 12.9. The van der Waals surface area contributed by atoms with Gasteiger partial charge in [-0.05, 0) is 29.1 Å². The number of carbonyl (C=O) groups is 2. The molecule has 24 heavy (non-hydrogen) atoms. The van der Waals surface area contributed by atoms with Gasteiger partial charge in [0.05, 0.1) is 11.4 Å². The Morgan fingerprint density at radius 1 is 1.12 bits per heavy atom. The number of rotatable bonds is 3. The van der Waals surface area contributed by atoms with Gasteiger partial charge in [-0.2, -0.15) is 0 Å². The SMILES string of the molecule is O=C(O)C1CC(=O)N(c2ccc(-c3cccc4cc[nH]c34)cc2)C1. The van der Waals surface area contributed by atoms with Gasteiger partial charge in [-0.1, -0.05) is 30.3 Å². The summed E-state index contributed by atoms with van der Waals surface area (Å²) in [6, 6.07) is 15.8. The van der Waals surface area contributed by atoms with Gasteiger partial charge in [-0.15, -0.1) is 0 Å². The number of aromatic nitrogens is 1. The van der Waals surface area contributed by atoms with Crippen molar-refractivity contribution >= 4 is 28.5 Å². The van der Waals surface area contributed by atoms with Crippen LogP contribution < -0.4 is 4.90 Å². The second-order valence-electron chi connectivity index (χ2n) is 6.04. The van der Waals surface area contributed by atoms with E-state index in [4.69, 9.17) is 5.11 Å². The van der Waals surface area contributed by atoms with E-state index in [0.29, 0.717) is 0 Å². The summed E-state index contributed by atoms with van der Waals surface area (Å²) in [6.07, 6.45) is 1.98. The first-order valence-corrected chi connectivity index (χ1v) is 7.83. The number of benzene rings is 2. The number of nitrogens with one attached hydrogen (secondary N) is 1. The van der Waals surface area contributed by atoms with Crippen LogP contribution in [0.25, 0.3) is 22.0 Å². The molecule has 4 rings (SSSR count). The summed E-state index contributed by atoms with van der Waals surface area (Å²) in [5.41, 5.74) is 3.97. The van der Waals surface area contributed by atoms with Crippen LogP contribution in [0.1, 0.15) is 6.42 Å². The first kappa shape index (κ1) is 14.5. The highest BCUT2D eigenvalue weighted by atomic mass is 16.4. The highest BCUT2D eigenvalue weighted by molar-refractivity contribution is 6.00. The molecule has 0 spiro atoms. The molecule has 0 aliphatic carbocycles. The second-order valence-corrected chi connectivity index (χ2v) is 6.04. The average Bonchev–Trinajstić information content (AvgIpc) is 3.21. The number of carbonyl (C=O) groups excluding carboxylic acids is 1. The zero-order valence-corrected chi connectivity index (χ0v) is 12.9. The van der Waals surface area contributed by atoms with Crippen molar-refractivity contribution in [3.8, 4) is 11.1 Å². The lowest BCUT2D eigenvalue weighted by Gasteiger charge is -2.16. The quantitative estimate of drug-likeness (QED) is 0.778. The number of carboxylic acids is 1. The number of hydrogen-bond acceptors (Lipinski definition) is 2. The molecule has 120 valence electrons. The topological polar surface area (TPSA) is 73.4 Å². The van der Waals surface area contributed by atoms with Crippen molar-refractivity contribution in [3.63, 3.8) is 0 Å². The van der Waals surface area contributed by atoms with E-state index < -0.39 is 11.9 Å². The fraction of sp³-hybridized carbons (Fsp3) is 0.158. The van der Waals surface area contributed by atoms with E-state index >= 15 is 0 Å². The molecule has 1 atom stereocenters. The first-order valence-electron chi connectivity index (χ1n) is 7.83. The van der Waals surface area contributed by atoms with Gasteiger partial charge in [0.2, 0.25) is 5.91 Å². The van der Waals surface area contributed by atoms with Crippen LogP contribution in [0.15, 0.2) is 54.7 Å². The second kappa shape index (κ2) is 5.53. The van der Waals surface area contributed by atoms with E-state index in [1.54, 1.807) is 4.90 Å². The van der Waals surface area contributed by atoms with Crippen LogP contribution in [0, 0.1) is 5.92 Å². The number of nitrogens with zero attached hydrogens (tertiary/aromatic N) is 1. The fourth-order valence-electron chi connectivity index (χ4n) is 3.27. The molecule has 0 bridgehead atoms. The third kappa shape index (κ3) is 2.34. The predicted molar refractivity (Wildman–Crippen MR) is 91.8 cm³/mol. The maximum atomic E-state index is 12.0. The van der Waals surface area contributed by atoms with Gasteiger partial charge in [-0.25, -0.2) is 0 Å². The first-order chi connectivity index (χ1) is 11.6. The van der Waals surface area contributed by atoms with E-state index in [0.717, 1.165) is 27.7 Å². The van der Waals surface area contributed by atoms with Crippen LogP contribution >= 0.6 is 0 Å². The minimum Gasteiger partial charge on any atom is -0.481 e. The number of anilines is 1. The monoisotopic (exact) mass is 320 g/mol. The molecule has 0 radical (unpaired) electrons. The number of fused-ring (bicyclic) bond motifs is 1. The van der Waals surface area contributed by atoms with Crippen LogP contribution in [0.5, 0.6) is 0 Å². The molecule has 0 saturated carbocycles. The minimum absolute atomic E-state index is 0.0683. The molecule has 1 aromatic heterocycles. The van der Waals surface area contributed by atoms with E-state index in [1.807, 2.05) is 42.6 Å². The Bertz CT molecular complexity index is 927. The van der Waals surface area contributed by atoms with Gasteiger partial charge in [0.15, 0.2) is 0 Å². The Kier molecular flexibility index (Phi) is 3.34. The molecule has 1 aliphatic heterocycles. The van der Waals surface area contributed by atoms with Crippen molar-refractivity contribution in [1.82, 2.24) is 4.98 Å². The average molecular weight is 320 g/mol. The molecule has 3 aromatic rings. The predicted octanol–water partition coefficient (Wildman–Crippen LogP) is 3.27. The number of carboxylic acid groups (broad SMARTS) is 1. The van der Waals surface area contributed by atoms with Crippen molar-refractivity contribution in [3.05, 3.63) is 54.7 Å². The highest BCUT2D eigenvalue weighted by Gasteiger charge is 2.34. The summed E-state index contributed by atoms with van der Waals surface area (Å²) in [5.74, 6) is -1.67. The number of hydrogen-bond donors (Lipinski definition) is 2. The Hall–Kier alpha value is -3.08. The largest absolute Gasteiger partial charge is 0.481 e. The molecule has 2 aromatic carbocycles. The summed E-state index contributed by atoms with van der Waals surface area (Å²) in [7, 11) is 0. The summed E-state index contributed by atoms with van der Waals surface area (Å²) >= 11 is 0. The van der Waals surface area contributed by atoms with Crippen LogP contribution in [-0.2, 0) is 9.59 Å². The van der Waals surface area contributed by atoms with Crippen LogP contribution in [0.3, 0.4) is 0 Å². The maximum Gasteiger partial charge on any atom is 0.308 e. The summed E-state index contributed by atoms with van der Waals surface area (Å²) in [6.45, 7) is 0.236. The van der Waals surface area contributed by atoms with Crippen LogP contribution in [-0.4, -0.2) is 28.5 Å². The lowest BCUT2D eigenvalue weighted by atomic mass is 10.0. The minimum atomic E-state index is -0.916. The number of aromatic amines is 1. The van der Waals surface area contributed by atoms with E-state index in [-0.39, 0.29) is 18.9 Å².